The van der Waals surface area contributed by atoms with E-state index in [0.29, 0.717) is 28.7 Å². The first kappa shape index (κ1) is 17.3. The number of rotatable bonds is 6. The Morgan fingerprint density at radius 1 is 1.37 bits per heavy atom. The van der Waals surface area contributed by atoms with Gasteiger partial charge in [-0.1, -0.05) is 0 Å². The smallest absolute Gasteiger partial charge is 0.232 e. The van der Waals surface area contributed by atoms with Gasteiger partial charge in [0.1, 0.15) is 11.6 Å². The van der Waals surface area contributed by atoms with E-state index in [1.54, 1.807) is 25.4 Å². The monoisotopic (exact) mass is 369 g/mol. The summed E-state index contributed by atoms with van der Waals surface area (Å²) in [4.78, 5) is 12.5. The summed E-state index contributed by atoms with van der Waals surface area (Å²) in [5.41, 5.74) is 2.30. The molecule has 27 heavy (non-hydrogen) atoms. The summed E-state index contributed by atoms with van der Waals surface area (Å²) < 4.78 is 20.3. The average Bonchev–Trinajstić information content (AvgIpc) is 3.20. The number of H-pyrrole nitrogens is 1. The van der Waals surface area contributed by atoms with E-state index in [1.807, 2.05) is 6.07 Å². The number of aromatic amines is 1. The number of nitrogens with one attached hydrogen (secondary N) is 2. The number of ether oxygens (including phenoxy) is 1. The fourth-order valence-corrected chi connectivity index (χ4v) is 2.89. The second-order valence-corrected chi connectivity index (χ2v) is 6.76. The van der Waals surface area contributed by atoms with Crippen LogP contribution in [0, 0.1) is 5.82 Å². The van der Waals surface area contributed by atoms with E-state index in [1.165, 1.54) is 23.9 Å². The second kappa shape index (κ2) is 6.86. The molecular weight excluding hydrogens is 349 g/mol. The molecule has 7 nitrogen and oxygen atoms in total. The van der Waals surface area contributed by atoms with Crippen LogP contribution in [0.1, 0.15) is 42.9 Å². The number of hydrogen-bond donors (Lipinski definition) is 2. The zero-order chi connectivity index (χ0) is 19.0. The number of benzene rings is 1. The third kappa shape index (κ3) is 3.69. The van der Waals surface area contributed by atoms with Gasteiger partial charge in [0.05, 0.1) is 24.9 Å². The Morgan fingerprint density at radius 2 is 2.19 bits per heavy atom. The summed E-state index contributed by atoms with van der Waals surface area (Å²) in [7, 11) is 1.48. The Balaban J connectivity index is 1.48. The lowest BCUT2D eigenvalue weighted by Crippen LogP contribution is -2.18. The first-order chi connectivity index (χ1) is 13.0. The van der Waals surface area contributed by atoms with E-state index in [2.05, 4.69) is 20.6 Å². The van der Waals surface area contributed by atoms with E-state index >= 15 is 0 Å². The minimum Gasteiger partial charge on any atom is -0.497 e. The van der Waals surface area contributed by atoms with Gasteiger partial charge in [0, 0.05) is 41.6 Å². The van der Waals surface area contributed by atoms with Crippen molar-refractivity contribution >= 4 is 11.7 Å². The van der Waals surface area contributed by atoms with Crippen molar-refractivity contribution in [1.29, 1.82) is 0 Å². The van der Waals surface area contributed by atoms with Crippen LogP contribution in [0.25, 0.3) is 5.69 Å². The summed E-state index contributed by atoms with van der Waals surface area (Å²) in [5.74, 6) is 0.434. The van der Waals surface area contributed by atoms with Gasteiger partial charge in [-0.3, -0.25) is 9.89 Å². The lowest BCUT2D eigenvalue weighted by Gasteiger charge is -2.08. The molecule has 0 radical (unpaired) electrons. The molecule has 1 aliphatic carbocycles. The zero-order valence-corrected chi connectivity index (χ0v) is 15.1. The number of hydrogen-bond acceptors (Lipinski definition) is 4. The molecule has 0 aliphatic heterocycles. The first-order valence-electron chi connectivity index (χ1n) is 8.79. The summed E-state index contributed by atoms with van der Waals surface area (Å²) in [6, 6.07) is 6.20. The van der Waals surface area contributed by atoms with Gasteiger partial charge in [-0.15, -0.1) is 0 Å². The largest absolute Gasteiger partial charge is 0.497 e. The number of amides is 1. The summed E-state index contributed by atoms with van der Waals surface area (Å²) in [5, 5.41) is 14.2. The molecule has 1 aliphatic rings. The van der Waals surface area contributed by atoms with E-state index < -0.39 is 11.7 Å². The van der Waals surface area contributed by atoms with Gasteiger partial charge in [0.2, 0.25) is 5.91 Å². The van der Waals surface area contributed by atoms with Crippen molar-refractivity contribution in [3.05, 3.63) is 53.7 Å². The predicted octanol–water partition coefficient (Wildman–Crippen LogP) is 3.36. The maximum atomic E-state index is 13.7. The topological polar surface area (TPSA) is 84.8 Å². The van der Waals surface area contributed by atoms with Gasteiger partial charge in [0.15, 0.2) is 5.82 Å². The van der Waals surface area contributed by atoms with Gasteiger partial charge in [-0.2, -0.15) is 10.2 Å². The molecular formula is C19H20FN5O2. The molecule has 140 valence electrons. The van der Waals surface area contributed by atoms with Crippen LogP contribution in [0.4, 0.5) is 10.2 Å². The van der Waals surface area contributed by atoms with Crippen LogP contribution in [0.2, 0.25) is 0 Å². The van der Waals surface area contributed by atoms with E-state index in [0.717, 1.165) is 18.5 Å². The van der Waals surface area contributed by atoms with Crippen LogP contribution in [-0.2, 0) is 4.79 Å². The maximum absolute atomic E-state index is 13.7. The van der Waals surface area contributed by atoms with Crippen molar-refractivity contribution in [3.8, 4) is 11.4 Å². The fourth-order valence-electron chi connectivity index (χ4n) is 2.89. The Hall–Kier alpha value is -3.16. The molecule has 0 bridgehead atoms. The number of aromatic nitrogens is 4. The molecule has 0 spiro atoms. The number of methoxy groups -OCH3 is 1. The molecule has 1 fully saturated rings. The van der Waals surface area contributed by atoms with E-state index in [9.17, 15) is 9.18 Å². The summed E-state index contributed by atoms with van der Waals surface area (Å²) in [6.45, 7) is 1.79. The highest BCUT2D eigenvalue weighted by Crippen LogP contribution is 2.39. The number of nitrogens with zero attached hydrogens (tertiary/aromatic N) is 3. The lowest BCUT2D eigenvalue weighted by atomic mass is 10.0. The molecule has 3 aromatic rings. The molecule has 1 saturated carbocycles. The number of carbonyl (C=O) groups excluding carboxylic acids is 1. The molecule has 1 amide bonds. The summed E-state index contributed by atoms with van der Waals surface area (Å²) >= 11 is 0. The molecule has 2 heterocycles. The highest BCUT2D eigenvalue weighted by Gasteiger charge is 2.26. The van der Waals surface area contributed by atoms with Crippen molar-refractivity contribution in [2.45, 2.75) is 31.6 Å². The van der Waals surface area contributed by atoms with Crippen molar-refractivity contribution in [1.82, 2.24) is 20.0 Å². The lowest BCUT2D eigenvalue weighted by molar-refractivity contribution is -0.117. The Morgan fingerprint density at radius 3 is 2.93 bits per heavy atom. The highest BCUT2D eigenvalue weighted by molar-refractivity contribution is 5.94. The van der Waals surface area contributed by atoms with E-state index in [-0.39, 0.29) is 5.91 Å². The van der Waals surface area contributed by atoms with Gasteiger partial charge in [-0.25, -0.2) is 9.07 Å². The molecule has 8 heteroatoms. The SMILES string of the molecule is COc1cc(F)cc(-n2cc([C@@H](C)C(=O)Nc3cc(C4CC4)[nH]n3)cn2)c1. The van der Waals surface area contributed by atoms with Gasteiger partial charge < -0.3 is 10.1 Å². The van der Waals surface area contributed by atoms with Crippen LogP contribution in [0.3, 0.4) is 0 Å². The average molecular weight is 369 g/mol. The van der Waals surface area contributed by atoms with Gasteiger partial charge >= 0.3 is 0 Å². The van der Waals surface area contributed by atoms with Crippen molar-refractivity contribution in [2.24, 2.45) is 0 Å². The second-order valence-electron chi connectivity index (χ2n) is 6.76. The van der Waals surface area contributed by atoms with Crippen LogP contribution < -0.4 is 10.1 Å². The standard InChI is InChI=1S/C19H20FN5O2/c1-11(19(26)22-18-8-17(23-24-18)12-3-4-12)13-9-21-25(10-13)15-5-14(20)6-16(7-15)27-2/h5-12H,3-4H2,1-2H3,(H2,22,23,24,26)/t11-/m1/s1. The normalized spacial score (nSPS) is 14.8. The molecule has 1 atom stereocenters. The van der Waals surface area contributed by atoms with Crippen LogP contribution >= 0.6 is 0 Å². The Bertz CT molecular complexity index is 976. The minimum atomic E-state index is -0.435. The third-order valence-corrected chi connectivity index (χ3v) is 4.72. The molecule has 2 aromatic heterocycles. The van der Waals surface area contributed by atoms with Crippen LogP contribution in [0.15, 0.2) is 36.7 Å². The summed E-state index contributed by atoms with van der Waals surface area (Å²) in [6.07, 6.45) is 5.63. The molecule has 0 saturated heterocycles. The minimum absolute atomic E-state index is 0.180. The van der Waals surface area contributed by atoms with Crippen molar-refractivity contribution in [3.63, 3.8) is 0 Å². The third-order valence-electron chi connectivity index (χ3n) is 4.72. The predicted molar refractivity (Wildman–Crippen MR) is 97.7 cm³/mol. The van der Waals surface area contributed by atoms with Gasteiger partial charge in [0.25, 0.3) is 0 Å². The molecule has 1 aromatic carbocycles. The fraction of sp³-hybridized carbons (Fsp3) is 0.316. The number of halogens is 1. The molecule has 4 rings (SSSR count). The number of anilines is 1. The first-order valence-corrected chi connectivity index (χ1v) is 8.79. The van der Waals surface area contributed by atoms with Crippen molar-refractivity contribution < 1.29 is 13.9 Å². The quantitative estimate of drug-likeness (QED) is 0.698. The van der Waals surface area contributed by atoms with Crippen LogP contribution in [-0.4, -0.2) is 33.0 Å². The Kier molecular flexibility index (Phi) is 4.39. The molecule has 2 N–H and O–H groups in total. The van der Waals surface area contributed by atoms with Crippen molar-refractivity contribution in [2.75, 3.05) is 12.4 Å². The number of carbonyl (C=O) groups is 1. The van der Waals surface area contributed by atoms with Crippen LogP contribution in [0.5, 0.6) is 5.75 Å². The zero-order valence-electron chi connectivity index (χ0n) is 15.1. The molecule has 0 unspecified atom stereocenters. The van der Waals surface area contributed by atoms with E-state index in [4.69, 9.17) is 4.74 Å². The Labute approximate surface area is 155 Å². The van der Waals surface area contributed by atoms with Gasteiger partial charge in [-0.05, 0) is 25.8 Å². The maximum Gasteiger partial charge on any atom is 0.232 e. The highest BCUT2D eigenvalue weighted by atomic mass is 19.1.